The van der Waals surface area contributed by atoms with E-state index in [4.69, 9.17) is 4.74 Å². The first-order chi connectivity index (χ1) is 14.2. The summed E-state index contributed by atoms with van der Waals surface area (Å²) in [7, 11) is 1.59. The van der Waals surface area contributed by atoms with Crippen LogP contribution in [0.1, 0.15) is 27.5 Å². The third kappa shape index (κ3) is 3.80. The molecule has 5 nitrogen and oxygen atoms in total. The molecule has 2 unspecified atom stereocenters. The van der Waals surface area contributed by atoms with Crippen LogP contribution in [0, 0.1) is 5.92 Å². The third-order valence-corrected chi connectivity index (χ3v) is 4.99. The number of ether oxygens (including phenoxy) is 1. The average molecular weight is 384 g/mol. The summed E-state index contributed by atoms with van der Waals surface area (Å²) >= 11 is 0. The fourth-order valence-electron chi connectivity index (χ4n) is 3.61. The van der Waals surface area contributed by atoms with Crippen LogP contribution >= 0.6 is 0 Å². The van der Waals surface area contributed by atoms with E-state index < -0.39 is 18.0 Å². The zero-order valence-electron chi connectivity index (χ0n) is 15.9. The number of aliphatic imine (C=N–C) groups is 1. The van der Waals surface area contributed by atoms with Crippen molar-refractivity contribution in [2.45, 2.75) is 6.04 Å². The number of hydrogen-bond acceptors (Lipinski definition) is 3. The highest BCUT2D eigenvalue weighted by molar-refractivity contribution is 6.22. The van der Waals surface area contributed by atoms with Gasteiger partial charge >= 0.3 is 6.03 Å². The van der Waals surface area contributed by atoms with Crippen molar-refractivity contribution in [3.63, 3.8) is 0 Å². The van der Waals surface area contributed by atoms with Crippen molar-refractivity contribution in [2.75, 3.05) is 7.11 Å². The zero-order valence-corrected chi connectivity index (χ0v) is 15.9. The topological polar surface area (TPSA) is 67.8 Å². The van der Waals surface area contributed by atoms with Crippen molar-refractivity contribution in [3.8, 4) is 5.75 Å². The molecule has 0 radical (unpaired) electrons. The fraction of sp³-hybridized carbons (Fsp3) is 0.125. The Bertz CT molecular complexity index is 1060. The minimum Gasteiger partial charge on any atom is -0.497 e. The van der Waals surface area contributed by atoms with Crippen molar-refractivity contribution in [3.05, 3.63) is 102 Å². The van der Waals surface area contributed by atoms with Crippen LogP contribution in [0.4, 0.5) is 4.79 Å². The molecule has 0 saturated carbocycles. The number of Topliss-reactive ketones (excluding diaryl/α,β-unsaturated/α-hetero) is 1. The summed E-state index contributed by atoms with van der Waals surface area (Å²) in [5.41, 5.74) is 2.58. The number of methoxy groups -OCH3 is 1. The summed E-state index contributed by atoms with van der Waals surface area (Å²) in [6, 6.07) is 24.8. The number of benzene rings is 3. The summed E-state index contributed by atoms with van der Waals surface area (Å²) in [5.74, 6) is -0.0999. The van der Waals surface area contributed by atoms with E-state index in [2.05, 4.69) is 10.3 Å². The molecule has 0 spiro atoms. The van der Waals surface area contributed by atoms with Gasteiger partial charge in [0.25, 0.3) is 0 Å². The van der Waals surface area contributed by atoms with Gasteiger partial charge in [-0.2, -0.15) is 4.99 Å². The van der Waals surface area contributed by atoms with Gasteiger partial charge in [-0.05, 0) is 23.3 Å². The van der Waals surface area contributed by atoms with Crippen LogP contribution in [0.2, 0.25) is 0 Å². The number of rotatable bonds is 5. The van der Waals surface area contributed by atoms with Gasteiger partial charge in [0.2, 0.25) is 0 Å². The van der Waals surface area contributed by atoms with E-state index in [1.165, 1.54) is 0 Å². The molecule has 4 rings (SSSR count). The molecule has 144 valence electrons. The van der Waals surface area contributed by atoms with Gasteiger partial charge in [-0.25, -0.2) is 4.79 Å². The van der Waals surface area contributed by atoms with E-state index >= 15 is 0 Å². The van der Waals surface area contributed by atoms with Crippen LogP contribution < -0.4 is 10.1 Å². The molecule has 0 aliphatic carbocycles. The van der Waals surface area contributed by atoms with Gasteiger partial charge in [0, 0.05) is 5.56 Å². The fourth-order valence-corrected chi connectivity index (χ4v) is 3.61. The van der Waals surface area contributed by atoms with E-state index in [-0.39, 0.29) is 5.78 Å². The van der Waals surface area contributed by atoms with Crippen molar-refractivity contribution in [1.82, 2.24) is 5.32 Å². The standard InChI is InChI=1S/C24H20N2O3/c1-29-19-14-8-13-18(15-19)22-20(23(27)17-11-6-3-7-12-17)21(25-24(28)26-22)16-9-4-2-5-10-16/h2-15,20,22H,1H3,(H,26,28). The molecule has 1 aliphatic heterocycles. The summed E-state index contributed by atoms with van der Waals surface area (Å²) in [5, 5.41) is 2.88. The number of carbonyl (C=O) groups is 2. The number of carbonyl (C=O) groups excluding carboxylic acids is 2. The van der Waals surface area contributed by atoms with Crippen molar-refractivity contribution >= 4 is 17.5 Å². The van der Waals surface area contributed by atoms with Gasteiger partial charge in [-0.3, -0.25) is 4.79 Å². The van der Waals surface area contributed by atoms with Crippen molar-refractivity contribution in [2.24, 2.45) is 10.9 Å². The largest absolute Gasteiger partial charge is 0.497 e. The normalized spacial score (nSPS) is 18.5. The van der Waals surface area contributed by atoms with Crippen LogP contribution in [-0.4, -0.2) is 24.6 Å². The highest BCUT2D eigenvalue weighted by Gasteiger charge is 2.39. The maximum Gasteiger partial charge on any atom is 0.341 e. The van der Waals surface area contributed by atoms with Gasteiger partial charge in [0.15, 0.2) is 5.78 Å². The minimum atomic E-state index is -0.662. The number of amides is 2. The molecule has 1 aliphatic rings. The number of hydrogen-bond donors (Lipinski definition) is 1. The second kappa shape index (κ2) is 8.10. The van der Waals surface area contributed by atoms with Crippen LogP contribution in [0.25, 0.3) is 0 Å². The lowest BCUT2D eigenvalue weighted by Crippen LogP contribution is -2.45. The van der Waals surface area contributed by atoms with Crippen LogP contribution in [0.3, 0.4) is 0 Å². The highest BCUT2D eigenvalue weighted by Crippen LogP contribution is 2.33. The van der Waals surface area contributed by atoms with Crippen molar-refractivity contribution in [1.29, 1.82) is 0 Å². The Morgan fingerprint density at radius 2 is 1.62 bits per heavy atom. The Labute approximate surface area is 169 Å². The van der Waals surface area contributed by atoms with E-state index in [1.54, 1.807) is 19.2 Å². The molecule has 5 heteroatoms. The monoisotopic (exact) mass is 384 g/mol. The SMILES string of the molecule is COc1cccc(C2NC(=O)N=C(c3ccccc3)C2C(=O)c2ccccc2)c1. The maximum atomic E-state index is 13.6. The number of urea groups is 1. The molecule has 0 bridgehead atoms. The lowest BCUT2D eigenvalue weighted by molar-refractivity contribution is 0.0933. The third-order valence-electron chi connectivity index (χ3n) is 4.99. The molecule has 2 amide bonds. The predicted octanol–water partition coefficient (Wildman–Crippen LogP) is 4.45. The number of nitrogens with one attached hydrogen (secondary N) is 1. The molecule has 1 N–H and O–H groups in total. The van der Waals surface area contributed by atoms with Gasteiger partial charge in [0.05, 0.1) is 24.8 Å². The van der Waals surface area contributed by atoms with Gasteiger partial charge in [-0.1, -0.05) is 72.8 Å². The highest BCUT2D eigenvalue weighted by atomic mass is 16.5. The maximum absolute atomic E-state index is 13.6. The van der Waals surface area contributed by atoms with Gasteiger partial charge in [0.1, 0.15) is 5.75 Å². The Balaban J connectivity index is 1.86. The van der Waals surface area contributed by atoms with E-state index in [9.17, 15) is 9.59 Å². The molecule has 2 atom stereocenters. The number of nitrogens with zero attached hydrogens (tertiary/aromatic N) is 1. The van der Waals surface area contributed by atoms with Gasteiger partial charge in [-0.15, -0.1) is 0 Å². The Kier molecular flexibility index (Phi) is 5.20. The smallest absolute Gasteiger partial charge is 0.341 e. The Morgan fingerprint density at radius 1 is 0.931 bits per heavy atom. The Hall–Kier alpha value is -3.73. The predicted molar refractivity (Wildman–Crippen MR) is 112 cm³/mol. The lowest BCUT2D eigenvalue weighted by Gasteiger charge is -2.32. The molecular weight excluding hydrogens is 364 g/mol. The molecule has 29 heavy (non-hydrogen) atoms. The first-order valence-electron chi connectivity index (χ1n) is 9.35. The summed E-state index contributed by atoms with van der Waals surface area (Å²) < 4.78 is 5.34. The van der Waals surface area contributed by atoms with Gasteiger partial charge < -0.3 is 10.1 Å². The second-order valence-electron chi connectivity index (χ2n) is 6.77. The molecule has 1 heterocycles. The lowest BCUT2D eigenvalue weighted by atomic mass is 9.80. The number of ketones is 1. The second-order valence-corrected chi connectivity index (χ2v) is 6.77. The van der Waals surface area contributed by atoms with E-state index in [0.29, 0.717) is 17.0 Å². The van der Waals surface area contributed by atoms with Crippen LogP contribution in [-0.2, 0) is 0 Å². The zero-order chi connectivity index (χ0) is 20.2. The summed E-state index contributed by atoms with van der Waals surface area (Å²) in [6.45, 7) is 0. The summed E-state index contributed by atoms with van der Waals surface area (Å²) in [4.78, 5) is 30.2. The summed E-state index contributed by atoms with van der Waals surface area (Å²) in [6.07, 6.45) is 0. The quantitative estimate of drug-likeness (QED) is 0.661. The Morgan fingerprint density at radius 3 is 2.31 bits per heavy atom. The van der Waals surface area contributed by atoms with Crippen molar-refractivity contribution < 1.29 is 14.3 Å². The molecular formula is C24H20N2O3. The van der Waals surface area contributed by atoms with E-state index in [1.807, 2.05) is 72.8 Å². The molecule has 3 aromatic carbocycles. The first kappa shape index (κ1) is 18.6. The average Bonchev–Trinajstić information content (AvgIpc) is 2.79. The first-order valence-corrected chi connectivity index (χ1v) is 9.35. The molecule has 0 fully saturated rings. The molecule has 0 saturated heterocycles. The molecule has 3 aromatic rings. The molecule has 0 aromatic heterocycles. The van der Waals surface area contributed by atoms with Crippen LogP contribution in [0.5, 0.6) is 5.75 Å². The van der Waals surface area contributed by atoms with Crippen LogP contribution in [0.15, 0.2) is 89.9 Å². The van der Waals surface area contributed by atoms with E-state index in [0.717, 1.165) is 11.1 Å². The minimum absolute atomic E-state index is 0.0963.